The summed E-state index contributed by atoms with van der Waals surface area (Å²) in [7, 11) is 0. The molecule has 0 fully saturated rings. The minimum Gasteiger partial charge on any atom is -0.471 e. The number of amides is 1. The average molecular weight is 346 g/mol. The molecular weight excluding hydrogens is 330 g/mol. The van der Waals surface area contributed by atoms with E-state index in [4.69, 9.17) is 5.73 Å². The third kappa shape index (κ3) is 6.02. The van der Waals surface area contributed by atoms with Gasteiger partial charge >= 0.3 is 12.3 Å². The van der Waals surface area contributed by atoms with Gasteiger partial charge < -0.3 is 15.8 Å². The summed E-state index contributed by atoms with van der Waals surface area (Å²) in [4.78, 5) is 15.3. The van der Waals surface area contributed by atoms with Gasteiger partial charge in [0, 0.05) is 24.8 Å². The summed E-state index contributed by atoms with van der Waals surface area (Å²) < 4.78 is 53.6. The Kier molecular flexibility index (Phi) is 8.10. The first kappa shape index (κ1) is 20.4. The Hall–Kier alpha value is -1.61. The molecule has 0 unspecified atom stereocenters. The summed E-state index contributed by atoms with van der Waals surface area (Å²) in [5, 5.41) is 2.57. The van der Waals surface area contributed by atoms with Crippen molar-refractivity contribution in [2.75, 3.05) is 13.2 Å². The van der Waals surface area contributed by atoms with Gasteiger partial charge in [0.25, 0.3) is 5.91 Å². The van der Waals surface area contributed by atoms with Crippen molar-refractivity contribution in [3.05, 3.63) is 23.9 Å². The van der Waals surface area contributed by atoms with Crippen LogP contribution in [0.2, 0.25) is 0 Å². The number of hydrogen-bond donors (Lipinski definition) is 2. The summed E-state index contributed by atoms with van der Waals surface area (Å²) >= 11 is 0. The minimum atomic E-state index is -4.26. The van der Waals surface area contributed by atoms with Crippen molar-refractivity contribution in [3.8, 4) is 5.88 Å². The maximum absolute atomic E-state index is 12.6. The van der Waals surface area contributed by atoms with Gasteiger partial charge in [-0.05, 0) is 13.0 Å². The topological polar surface area (TPSA) is 77.2 Å². The Morgan fingerprint density at radius 3 is 2.55 bits per heavy atom. The summed E-state index contributed by atoms with van der Waals surface area (Å²) in [6, 6.07) is 2.18. The van der Waals surface area contributed by atoms with E-state index in [0.717, 1.165) is 12.3 Å². The molecule has 22 heavy (non-hydrogen) atoms. The zero-order chi connectivity index (χ0) is 16.0. The minimum absolute atomic E-state index is 0. The highest BCUT2D eigenvalue weighted by Crippen LogP contribution is 2.23. The number of nitrogens with zero attached hydrogens (tertiary/aromatic N) is 1. The molecule has 0 aliphatic heterocycles. The van der Waals surface area contributed by atoms with Crippen LogP contribution in [0.25, 0.3) is 0 Å². The fraction of sp³-hybridized carbons (Fsp3) is 0.500. The number of carbonyl (C=O) groups is 1. The van der Waals surface area contributed by atoms with Gasteiger partial charge in [0.05, 0.1) is 5.56 Å². The number of alkyl halides is 4. The van der Waals surface area contributed by atoms with Gasteiger partial charge in [-0.2, -0.15) is 8.78 Å². The van der Waals surface area contributed by atoms with Crippen molar-refractivity contribution >= 4 is 18.3 Å². The van der Waals surface area contributed by atoms with Gasteiger partial charge in [0.15, 0.2) is 6.61 Å². The normalized spacial score (nSPS) is 12.5. The number of rotatable bonds is 7. The SMILES string of the molecule is C[C@@H](CN)NC(=O)c1ccc(OCC(F)(F)C(F)F)nc1.Cl. The molecule has 0 aliphatic carbocycles. The summed E-state index contributed by atoms with van der Waals surface area (Å²) in [5.74, 6) is -4.97. The Morgan fingerprint density at radius 2 is 2.09 bits per heavy atom. The van der Waals surface area contributed by atoms with E-state index in [2.05, 4.69) is 15.0 Å². The van der Waals surface area contributed by atoms with E-state index in [1.165, 1.54) is 6.07 Å². The van der Waals surface area contributed by atoms with Crippen molar-refractivity contribution in [3.63, 3.8) is 0 Å². The predicted octanol–water partition coefficient (Wildman–Crippen LogP) is 1.86. The van der Waals surface area contributed by atoms with Crippen LogP contribution in [0, 0.1) is 0 Å². The fourth-order valence-electron chi connectivity index (χ4n) is 1.20. The number of halogens is 5. The number of hydrogen-bond acceptors (Lipinski definition) is 4. The second kappa shape index (κ2) is 8.74. The molecule has 1 heterocycles. The third-order valence-electron chi connectivity index (χ3n) is 2.46. The Morgan fingerprint density at radius 1 is 1.45 bits per heavy atom. The van der Waals surface area contributed by atoms with Crippen molar-refractivity contribution in [2.24, 2.45) is 5.73 Å². The lowest BCUT2D eigenvalue weighted by Crippen LogP contribution is -2.37. The Labute approximate surface area is 130 Å². The zero-order valence-electron chi connectivity index (χ0n) is 11.6. The van der Waals surface area contributed by atoms with Crippen LogP contribution in [0.15, 0.2) is 18.3 Å². The molecule has 0 aliphatic rings. The second-order valence-electron chi connectivity index (χ2n) is 4.35. The van der Waals surface area contributed by atoms with Gasteiger partial charge in [-0.25, -0.2) is 13.8 Å². The van der Waals surface area contributed by atoms with Crippen molar-refractivity contribution < 1.29 is 27.1 Å². The molecule has 0 aromatic carbocycles. The monoisotopic (exact) mass is 345 g/mol. The van der Waals surface area contributed by atoms with Crippen LogP contribution in [0.3, 0.4) is 0 Å². The van der Waals surface area contributed by atoms with Crippen molar-refractivity contribution in [2.45, 2.75) is 25.3 Å². The first-order chi connectivity index (χ1) is 9.76. The smallest absolute Gasteiger partial charge is 0.340 e. The molecule has 126 valence electrons. The van der Waals surface area contributed by atoms with Crippen LogP contribution in [0.1, 0.15) is 17.3 Å². The quantitative estimate of drug-likeness (QED) is 0.739. The maximum atomic E-state index is 12.6. The van der Waals surface area contributed by atoms with Gasteiger partial charge in [-0.3, -0.25) is 4.79 Å². The van der Waals surface area contributed by atoms with Crippen LogP contribution in [-0.4, -0.2) is 42.4 Å². The summed E-state index contributed by atoms with van der Waals surface area (Å²) in [6.45, 7) is 0.464. The predicted molar refractivity (Wildman–Crippen MR) is 73.9 cm³/mol. The fourth-order valence-corrected chi connectivity index (χ4v) is 1.20. The van der Waals surface area contributed by atoms with E-state index in [9.17, 15) is 22.4 Å². The van der Waals surface area contributed by atoms with E-state index in [0.29, 0.717) is 0 Å². The lowest BCUT2D eigenvalue weighted by molar-refractivity contribution is -0.148. The number of aromatic nitrogens is 1. The van der Waals surface area contributed by atoms with Gasteiger partial charge in [0.1, 0.15) is 0 Å². The van der Waals surface area contributed by atoms with E-state index in [-0.39, 0.29) is 36.4 Å². The highest BCUT2D eigenvalue weighted by Gasteiger charge is 2.41. The van der Waals surface area contributed by atoms with Crippen molar-refractivity contribution in [1.29, 1.82) is 0 Å². The van der Waals surface area contributed by atoms with Gasteiger partial charge in [-0.15, -0.1) is 12.4 Å². The molecule has 0 bridgehead atoms. The van der Waals surface area contributed by atoms with Crippen LogP contribution in [-0.2, 0) is 0 Å². The van der Waals surface area contributed by atoms with E-state index >= 15 is 0 Å². The standard InChI is InChI=1S/C12H15F4N3O2.ClH/c1-7(4-17)19-10(20)8-2-3-9(18-5-8)21-6-12(15,16)11(13)14;/h2-3,5,7,11H,4,6,17H2,1H3,(H,19,20);1H/t7-;/m0./s1. The molecule has 5 nitrogen and oxygen atoms in total. The third-order valence-corrected chi connectivity index (χ3v) is 2.46. The maximum Gasteiger partial charge on any atom is 0.340 e. The highest BCUT2D eigenvalue weighted by atomic mass is 35.5. The number of pyridine rings is 1. The molecule has 0 radical (unpaired) electrons. The largest absolute Gasteiger partial charge is 0.471 e. The van der Waals surface area contributed by atoms with Gasteiger partial charge in [0.2, 0.25) is 5.88 Å². The number of carbonyl (C=O) groups excluding carboxylic acids is 1. The summed E-state index contributed by atoms with van der Waals surface area (Å²) in [6.07, 6.45) is -2.73. The molecule has 0 saturated heterocycles. The second-order valence-corrected chi connectivity index (χ2v) is 4.35. The van der Waals surface area contributed by atoms with Crippen LogP contribution in [0.4, 0.5) is 17.6 Å². The molecule has 3 N–H and O–H groups in total. The molecular formula is C12H16ClF4N3O2. The van der Waals surface area contributed by atoms with Crippen LogP contribution < -0.4 is 15.8 Å². The molecule has 10 heteroatoms. The van der Waals surface area contributed by atoms with E-state index < -0.39 is 24.9 Å². The highest BCUT2D eigenvalue weighted by molar-refractivity contribution is 5.94. The van der Waals surface area contributed by atoms with E-state index in [1.54, 1.807) is 6.92 Å². The van der Waals surface area contributed by atoms with Crippen LogP contribution >= 0.6 is 12.4 Å². The lowest BCUT2D eigenvalue weighted by atomic mass is 10.2. The Bertz CT molecular complexity index is 474. The van der Waals surface area contributed by atoms with E-state index in [1.807, 2.05) is 0 Å². The van der Waals surface area contributed by atoms with Crippen molar-refractivity contribution in [1.82, 2.24) is 10.3 Å². The summed E-state index contributed by atoms with van der Waals surface area (Å²) in [5.41, 5.74) is 5.51. The first-order valence-electron chi connectivity index (χ1n) is 6.02. The average Bonchev–Trinajstić information content (AvgIpc) is 2.45. The number of ether oxygens (including phenoxy) is 1. The number of nitrogens with two attached hydrogens (primary N) is 1. The molecule has 1 atom stereocenters. The lowest BCUT2D eigenvalue weighted by Gasteiger charge is -2.15. The number of nitrogens with one attached hydrogen (secondary N) is 1. The van der Waals surface area contributed by atoms with Crippen LogP contribution in [0.5, 0.6) is 5.88 Å². The Balaban J connectivity index is 0.00000441. The first-order valence-corrected chi connectivity index (χ1v) is 6.02. The molecule has 1 aromatic heterocycles. The van der Waals surface area contributed by atoms with Gasteiger partial charge in [-0.1, -0.05) is 0 Å². The molecule has 1 rings (SSSR count). The molecule has 0 saturated carbocycles. The molecule has 1 amide bonds. The molecule has 0 spiro atoms. The zero-order valence-corrected chi connectivity index (χ0v) is 12.4. The molecule has 1 aromatic rings.